The molecule has 1 aliphatic heterocycles. The standard InChI is InChI=1S/C20H26N2O5/c1-15(2)27-20(23)17(14-21)12-16-4-5-18(19(13-16)24-3)26-11-8-22-6-9-25-10-7-22/h4-5,12-13,15H,6-11H2,1-3H3. The van der Waals surface area contributed by atoms with Gasteiger partial charge in [0.05, 0.1) is 26.4 Å². The van der Waals surface area contributed by atoms with Gasteiger partial charge in [-0.05, 0) is 37.6 Å². The predicted molar refractivity (Wildman–Crippen MR) is 101 cm³/mol. The molecule has 1 heterocycles. The molecule has 0 unspecified atom stereocenters. The molecule has 27 heavy (non-hydrogen) atoms. The molecule has 1 saturated heterocycles. The van der Waals surface area contributed by atoms with E-state index in [1.165, 1.54) is 6.08 Å². The minimum absolute atomic E-state index is 0.0632. The fourth-order valence-corrected chi connectivity index (χ4v) is 2.58. The van der Waals surface area contributed by atoms with Crippen molar-refractivity contribution in [1.82, 2.24) is 4.90 Å². The van der Waals surface area contributed by atoms with Crippen LogP contribution < -0.4 is 9.47 Å². The van der Waals surface area contributed by atoms with Crippen molar-refractivity contribution in [2.75, 3.05) is 46.6 Å². The van der Waals surface area contributed by atoms with E-state index in [1.807, 2.05) is 6.07 Å². The van der Waals surface area contributed by atoms with Crippen molar-refractivity contribution in [3.63, 3.8) is 0 Å². The topological polar surface area (TPSA) is 81.0 Å². The molecule has 7 nitrogen and oxygen atoms in total. The Balaban J connectivity index is 2.02. The number of esters is 1. The number of rotatable bonds is 8. The van der Waals surface area contributed by atoms with E-state index in [9.17, 15) is 10.1 Å². The van der Waals surface area contributed by atoms with Gasteiger partial charge in [0.15, 0.2) is 11.5 Å². The highest BCUT2D eigenvalue weighted by atomic mass is 16.5. The maximum Gasteiger partial charge on any atom is 0.349 e. The number of hydrogen-bond acceptors (Lipinski definition) is 7. The largest absolute Gasteiger partial charge is 0.493 e. The van der Waals surface area contributed by atoms with Crippen molar-refractivity contribution in [1.29, 1.82) is 5.26 Å². The molecule has 0 aliphatic carbocycles. The maximum atomic E-state index is 11.9. The maximum absolute atomic E-state index is 11.9. The zero-order chi connectivity index (χ0) is 19.6. The van der Waals surface area contributed by atoms with Crippen LogP contribution in [0.2, 0.25) is 0 Å². The summed E-state index contributed by atoms with van der Waals surface area (Å²) in [5.74, 6) is 0.517. The Bertz CT molecular complexity index is 703. The number of nitrogens with zero attached hydrogens (tertiary/aromatic N) is 2. The van der Waals surface area contributed by atoms with Gasteiger partial charge in [-0.15, -0.1) is 0 Å². The van der Waals surface area contributed by atoms with Gasteiger partial charge in [0.2, 0.25) is 0 Å². The molecular weight excluding hydrogens is 348 g/mol. The molecule has 7 heteroatoms. The highest BCUT2D eigenvalue weighted by Gasteiger charge is 2.14. The molecule has 0 N–H and O–H groups in total. The van der Waals surface area contributed by atoms with Crippen LogP contribution >= 0.6 is 0 Å². The van der Waals surface area contributed by atoms with E-state index in [-0.39, 0.29) is 11.7 Å². The SMILES string of the molecule is COc1cc(C=C(C#N)C(=O)OC(C)C)ccc1OCCN1CCOCC1. The summed E-state index contributed by atoms with van der Waals surface area (Å²) in [7, 11) is 1.55. The van der Waals surface area contributed by atoms with Crippen molar-refractivity contribution in [3.8, 4) is 17.6 Å². The Hall–Kier alpha value is -2.56. The van der Waals surface area contributed by atoms with E-state index in [0.29, 0.717) is 23.7 Å². The Morgan fingerprint density at radius 3 is 2.70 bits per heavy atom. The minimum atomic E-state index is -0.641. The fourth-order valence-electron chi connectivity index (χ4n) is 2.58. The van der Waals surface area contributed by atoms with Gasteiger partial charge in [-0.25, -0.2) is 4.79 Å². The first-order valence-corrected chi connectivity index (χ1v) is 8.97. The van der Waals surface area contributed by atoms with Crippen LogP contribution in [0.1, 0.15) is 19.4 Å². The van der Waals surface area contributed by atoms with Crippen LogP contribution in [-0.2, 0) is 14.3 Å². The average molecular weight is 374 g/mol. The summed E-state index contributed by atoms with van der Waals surface area (Å²) >= 11 is 0. The van der Waals surface area contributed by atoms with Crippen molar-refractivity contribution in [2.24, 2.45) is 0 Å². The number of hydrogen-bond donors (Lipinski definition) is 0. The lowest BCUT2D eigenvalue weighted by molar-refractivity contribution is -0.142. The van der Waals surface area contributed by atoms with Gasteiger partial charge in [0.25, 0.3) is 0 Å². The first-order chi connectivity index (χ1) is 13.0. The number of ether oxygens (including phenoxy) is 4. The number of carbonyl (C=O) groups is 1. The third-order valence-corrected chi connectivity index (χ3v) is 3.95. The predicted octanol–water partition coefficient (Wildman–Crippen LogP) is 2.26. The molecule has 0 radical (unpaired) electrons. The first-order valence-electron chi connectivity index (χ1n) is 8.97. The van der Waals surface area contributed by atoms with E-state index < -0.39 is 5.97 Å². The quantitative estimate of drug-likeness (QED) is 0.392. The van der Waals surface area contributed by atoms with Gasteiger partial charge >= 0.3 is 5.97 Å². The van der Waals surface area contributed by atoms with E-state index in [1.54, 1.807) is 39.2 Å². The third-order valence-electron chi connectivity index (χ3n) is 3.95. The average Bonchev–Trinajstić information content (AvgIpc) is 2.67. The monoisotopic (exact) mass is 374 g/mol. The third kappa shape index (κ3) is 6.59. The van der Waals surface area contributed by atoms with Crippen molar-refractivity contribution in [2.45, 2.75) is 20.0 Å². The van der Waals surface area contributed by atoms with Crippen LogP contribution in [0.5, 0.6) is 11.5 Å². The van der Waals surface area contributed by atoms with E-state index in [0.717, 1.165) is 32.8 Å². The van der Waals surface area contributed by atoms with Crippen LogP contribution in [0.15, 0.2) is 23.8 Å². The van der Waals surface area contributed by atoms with Crippen LogP contribution in [-0.4, -0.2) is 63.5 Å². The number of methoxy groups -OCH3 is 1. The molecule has 1 aromatic carbocycles. The van der Waals surface area contributed by atoms with Crippen LogP contribution in [0, 0.1) is 11.3 Å². The molecule has 2 rings (SSSR count). The molecule has 1 aromatic rings. The van der Waals surface area contributed by atoms with E-state index in [2.05, 4.69) is 4.90 Å². The summed E-state index contributed by atoms with van der Waals surface area (Å²) in [6.45, 7) is 8.15. The molecule has 0 saturated carbocycles. The molecule has 0 bridgehead atoms. The number of nitriles is 1. The summed E-state index contributed by atoms with van der Waals surface area (Å²) in [6, 6.07) is 7.14. The normalized spacial score (nSPS) is 15.3. The lowest BCUT2D eigenvalue weighted by Gasteiger charge is -2.26. The van der Waals surface area contributed by atoms with Gasteiger partial charge in [-0.3, -0.25) is 4.90 Å². The van der Waals surface area contributed by atoms with Crippen molar-refractivity contribution < 1.29 is 23.7 Å². The van der Waals surface area contributed by atoms with Gasteiger partial charge in [-0.2, -0.15) is 5.26 Å². The van der Waals surface area contributed by atoms with E-state index >= 15 is 0 Å². The summed E-state index contributed by atoms with van der Waals surface area (Å²) in [5.41, 5.74) is 0.594. The Morgan fingerprint density at radius 2 is 2.07 bits per heavy atom. The molecule has 146 valence electrons. The summed E-state index contributed by atoms with van der Waals surface area (Å²) in [5, 5.41) is 9.20. The Kier molecular flexibility index (Phi) is 8.11. The molecular formula is C20H26N2O5. The smallest absolute Gasteiger partial charge is 0.349 e. The number of benzene rings is 1. The summed E-state index contributed by atoms with van der Waals surface area (Å²) < 4.78 is 21.6. The highest BCUT2D eigenvalue weighted by Crippen LogP contribution is 2.29. The van der Waals surface area contributed by atoms with Gasteiger partial charge < -0.3 is 18.9 Å². The van der Waals surface area contributed by atoms with E-state index in [4.69, 9.17) is 18.9 Å². The first kappa shape index (κ1) is 20.7. The summed E-state index contributed by atoms with van der Waals surface area (Å²) in [6.07, 6.45) is 1.19. The number of carbonyl (C=O) groups excluding carboxylic acids is 1. The molecule has 0 aromatic heterocycles. The second kappa shape index (κ2) is 10.6. The second-order valence-electron chi connectivity index (χ2n) is 6.34. The fraction of sp³-hybridized carbons (Fsp3) is 0.500. The number of morpholine rings is 1. The molecule has 0 amide bonds. The molecule has 0 atom stereocenters. The van der Waals surface area contributed by atoms with Crippen LogP contribution in [0.4, 0.5) is 0 Å². The van der Waals surface area contributed by atoms with Crippen molar-refractivity contribution in [3.05, 3.63) is 29.3 Å². The van der Waals surface area contributed by atoms with Gasteiger partial charge in [0, 0.05) is 19.6 Å². The van der Waals surface area contributed by atoms with Crippen LogP contribution in [0.3, 0.4) is 0 Å². The second-order valence-corrected chi connectivity index (χ2v) is 6.34. The minimum Gasteiger partial charge on any atom is -0.493 e. The zero-order valence-electron chi connectivity index (χ0n) is 16.1. The van der Waals surface area contributed by atoms with Crippen LogP contribution in [0.25, 0.3) is 6.08 Å². The highest BCUT2D eigenvalue weighted by molar-refractivity contribution is 5.98. The summed E-state index contributed by atoms with van der Waals surface area (Å²) in [4.78, 5) is 14.2. The Morgan fingerprint density at radius 1 is 1.33 bits per heavy atom. The lowest BCUT2D eigenvalue weighted by Crippen LogP contribution is -2.38. The van der Waals surface area contributed by atoms with Crippen molar-refractivity contribution >= 4 is 12.0 Å². The lowest BCUT2D eigenvalue weighted by atomic mass is 10.1. The molecule has 0 spiro atoms. The van der Waals surface area contributed by atoms with Gasteiger partial charge in [0.1, 0.15) is 18.2 Å². The molecule has 1 fully saturated rings. The Labute approximate surface area is 160 Å². The molecule has 1 aliphatic rings. The zero-order valence-corrected chi connectivity index (χ0v) is 16.1. The van der Waals surface area contributed by atoms with Gasteiger partial charge in [-0.1, -0.05) is 6.07 Å².